The number of imidazole rings is 1. The number of ether oxygens (including phenoxy) is 1. The van der Waals surface area contributed by atoms with Gasteiger partial charge in [-0.3, -0.25) is 9.08 Å². The van der Waals surface area contributed by atoms with Crippen LogP contribution in [0.1, 0.15) is 38.3 Å². The molecule has 1 fully saturated rings. The number of hydrogen-bond donors (Lipinski definition) is 1. The monoisotopic (exact) mass is 395 g/mol. The van der Waals surface area contributed by atoms with Crippen LogP contribution in [-0.4, -0.2) is 38.4 Å². The summed E-state index contributed by atoms with van der Waals surface area (Å²) in [6.45, 7) is 4.53. The van der Waals surface area contributed by atoms with E-state index < -0.39 is 0 Å². The van der Waals surface area contributed by atoms with E-state index in [-0.39, 0.29) is 0 Å². The van der Waals surface area contributed by atoms with Crippen LogP contribution in [0.4, 0.5) is 0 Å². The van der Waals surface area contributed by atoms with Gasteiger partial charge in [0.15, 0.2) is 4.96 Å². The molecule has 0 aliphatic carbocycles. The topological polar surface area (TPSA) is 56.4 Å². The Morgan fingerprint density at radius 2 is 1.93 bits per heavy atom. The van der Waals surface area contributed by atoms with Crippen LogP contribution in [-0.2, 0) is 7.05 Å². The second kappa shape index (κ2) is 6.60. The summed E-state index contributed by atoms with van der Waals surface area (Å²) >= 11 is 1.72. The summed E-state index contributed by atoms with van der Waals surface area (Å²) in [5.41, 5.74) is 3.25. The van der Waals surface area contributed by atoms with Crippen molar-refractivity contribution in [3.63, 3.8) is 0 Å². The van der Waals surface area contributed by atoms with Gasteiger partial charge in [0.25, 0.3) is 0 Å². The molecule has 1 N–H and O–H groups in total. The number of aromatic nitrogens is 4. The fourth-order valence-corrected chi connectivity index (χ4v) is 5.44. The maximum absolute atomic E-state index is 5.58. The van der Waals surface area contributed by atoms with E-state index in [9.17, 15) is 0 Å². The molecule has 28 heavy (non-hydrogen) atoms. The lowest BCUT2D eigenvalue weighted by molar-refractivity contribution is 0.314. The van der Waals surface area contributed by atoms with Crippen molar-refractivity contribution in [3.8, 4) is 16.2 Å². The van der Waals surface area contributed by atoms with E-state index in [2.05, 4.69) is 53.2 Å². The second-order valence-corrected chi connectivity index (χ2v) is 9.02. The van der Waals surface area contributed by atoms with Crippen molar-refractivity contribution in [3.05, 3.63) is 36.4 Å². The fourth-order valence-electron chi connectivity index (χ4n) is 4.48. The summed E-state index contributed by atoms with van der Waals surface area (Å²) in [6.07, 6.45) is 8.72. The van der Waals surface area contributed by atoms with Gasteiger partial charge >= 0.3 is 0 Å². The number of methoxy groups -OCH3 is 1. The van der Waals surface area contributed by atoms with Crippen molar-refractivity contribution in [1.82, 2.24) is 24.5 Å². The molecule has 4 heterocycles. The number of piperidine rings is 1. The SMILES string of the molecule is COc1cc(-c2cn3cc(C4C[C@@H](C)N[C@@H](C)C4)nc3s2)cc2cn(C)nc12. The van der Waals surface area contributed by atoms with Crippen LogP contribution in [0.15, 0.2) is 30.7 Å². The normalized spacial score (nSPS) is 22.9. The molecule has 1 unspecified atom stereocenters. The van der Waals surface area contributed by atoms with Crippen molar-refractivity contribution in [2.45, 2.75) is 44.7 Å². The van der Waals surface area contributed by atoms with Crippen molar-refractivity contribution in [2.75, 3.05) is 7.11 Å². The van der Waals surface area contributed by atoms with Crippen molar-refractivity contribution in [2.24, 2.45) is 7.05 Å². The van der Waals surface area contributed by atoms with Gasteiger partial charge < -0.3 is 10.1 Å². The van der Waals surface area contributed by atoms with Gasteiger partial charge in [-0.1, -0.05) is 11.3 Å². The molecule has 0 spiro atoms. The minimum absolute atomic E-state index is 0.536. The quantitative estimate of drug-likeness (QED) is 0.565. The molecule has 4 aromatic rings. The third-order valence-electron chi connectivity index (χ3n) is 5.63. The molecule has 0 bridgehead atoms. The molecular weight excluding hydrogens is 370 g/mol. The molecular formula is C21H25N5OS. The van der Waals surface area contributed by atoms with Crippen molar-refractivity contribution < 1.29 is 4.74 Å². The standard InChI is InChI=1S/C21H25N5OS/c1-12-5-14(6-13(2)22-12)17-10-26-11-19(28-21(26)23-17)15-7-16-9-25(3)24-20(16)18(8-15)27-4/h7-14,22H,5-6H2,1-4H3/t12-,13+,14?. The van der Waals surface area contributed by atoms with Crippen LogP contribution in [0.2, 0.25) is 0 Å². The number of thiazole rings is 1. The van der Waals surface area contributed by atoms with Crippen LogP contribution in [0.5, 0.6) is 5.75 Å². The highest BCUT2D eigenvalue weighted by molar-refractivity contribution is 7.20. The maximum Gasteiger partial charge on any atom is 0.194 e. The summed E-state index contributed by atoms with van der Waals surface area (Å²) in [6, 6.07) is 5.33. The predicted molar refractivity (Wildman–Crippen MR) is 113 cm³/mol. The Kier molecular flexibility index (Phi) is 4.17. The fraction of sp³-hybridized carbons (Fsp3) is 0.429. The molecule has 0 amide bonds. The first kappa shape index (κ1) is 17.7. The zero-order valence-electron chi connectivity index (χ0n) is 16.6. The number of hydrogen-bond acceptors (Lipinski definition) is 5. The highest BCUT2D eigenvalue weighted by Gasteiger charge is 2.26. The number of fused-ring (bicyclic) bond motifs is 2. The zero-order valence-corrected chi connectivity index (χ0v) is 17.5. The van der Waals surface area contributed by atoms with Gasteiger partial charge in [0.1, 0.15) is 11.3 Å². The average Bonchev–Trinajstić information content (AvgIpc) is 3.31. The van der Waals surface area contributed by atoms with Gasteiger partial charge in [-0.25, -0.2) is 4.98 Å². The van der Waals surface area contributed by atoms with E-state index in [4.69, 9.17) is 9.72 Å². The molecule has 3 aromatic heterocycles. The van der Waals surface area contributed by atoms with E-state index in [0.717, 1.165) is 40.0 Å². The zero-order chi connectivity index (χ0) is 19.4. The molecule has 1 saturated heterocycles. The molecule has 1 aliphatic rings. The van der Waals surface area contributed by atoms with Gasteiger partial charge in [0, 0.05) is 49.0 Å². The molecule has 1 aliphatic heterocycles. The lowest BCUT2D eigenvalue weighted by Gasteiger charge is -2.32. The number of aryl methyl sites for hydroxylation is 1. The van der Waals surface area contributed by atoms with Crippen LogP contribution < -0.4 is 10.1 Å². The van der Waals surface area contributed by atoms with E-state index in [1.165, 1.54) is 10.6 Å². The predicted octanol–water partition coefficient (Wildman–Crippen LogP) is 4.20. The van der Waals surface area contributed by atoms with E-state index in [1.54, 1.807) is 18.4 Å². The minimum atomic E-state index is 0.536. The first-order chi connectivity index (χ1) is 13.5. The lowest BCUT2D eigenvalue weighted by Crippen LogP contribution is -2.41. The van der Waals surface area contributed by atoms with Crippen molar-refractivity contribution >= 4 is 27.2 Å². The first-order valence-electron chi connectivity index (χ1n) is 9.76. The van der Waals surface area contributed by atoms with E-state index in [1.807, 2.05) is 17.9 Å². The maximum atomic E-state index is 5.58. The van der Waals surface area contributed by atoms with Gasteiger partial charge in [-0.15, -0.1) is 0 Å². The number of rotatable bonds is 3. The number of benzene rings is 1. The van der Waals surface area contributed by atoms with Gasteiger partial charge in [0.05, 0.1) is 17.7 Å². The Bertz CT molecular complexity index is 1120. The molecule has 5 rings (SSSR count). The molecule has 146 valence electrons. The van der Waals surface area contributed by atoms with Crippen LogP contribution in [0.25, 0.3) is 26.3 Å². The Morgan fingerprint density at radius 3 is 2.64 bits per heavy atom. The van der Waals surface area contributed by atoms with Crippen LogP contribution in [0.3, 0.4) is 0 Å². The Morgan fingerprint density at radius 1 is 1.14 bits per heavy atom. The Labute approximate surface area is 168 Å². The van der Waals surface area contributed by atoms with E-state index >= 15 is 0 Å². The molecule has 0 saturated carbocycles. The summed E-state index contributed by atoms with van der Waals surface area (Å²) in [5.74, 6) is 1.34. The largest absolute Gasteiger partial charge is 0.494 e. The highest BCUT2D eigenvalue weighted by atomic mass is 32.1. The Hall–Kier alpha value is -2.38. The molecule has 7 heteroatoms. The summed E-state index contributed by atoms with van der Waals surface area (Å²) in [7, 11) is 3.63. The van der Waals surface area contributed by atoms with E-state index in [0.29, 0.717) is 18.0 Å². The third kappa shape index (κ3) is 2.99. The van der Waals surface area contributed by atoms with Gasteiger partial charge in [-0.2, -0.15) is 5.10 Å². The molecule has 0 radical (unpaired) electrons. The molecule has 1 aromatic carbocycles. The first-order valence-corrected chi connectivity index (χ1v) is 10.6. The van der Waals surface area contributed by atoms with Crippen molar-refractivity contribution in [1.29, 1.82) is 0 Å². The average molecular weight is 396 g/mol. The summed E-state index contributed by atoms with van der Waals surface area (Å²) in [4.78, 5) is 7.20. The van der Waals surface area contributed by atoms with Crippen LogP contribution >= 0.6 is 11.3 Å². The van der Waals surface area contributed by atoms with Gasteiger partial charge in [-0.05, 0) is 44.4 Å². The summed E-state index contributed by atoms with van der Waals surface area (Å²) in [5, 5.41) is 9.20. The van der Waals surface area contributed by atoms with Gasteiger partial charge in [0.2, 0.25) is 0 Å². The smallest absolute Gasteiger partial charge is 0.194 e. The minimum Gasteiger partial charge on any atom is -0.494 e. The lowest BCUT2D eigenvalue weighted by atomic mass is 9.87. The third-order valence-corrected chi connectivity index (χ3v) is 6.68. The number of nitrogens with zero attached hydrogens (tertiary/aromatic N) is 4. The number of nitrogens with one attached hydrogen (secondary N) is 1. The second-order valence-electron chi connectivity index (χ2n) is 8.01. The summed E-state index contributed by atoms with van der Waals surface area (Å²) < 4.78 is 9.58. The van der Waals surface area contributed by atoms with Crippen LogP contribution in [0, 0.1) is 0 Å². The highest BCUT2D eigenvalue weighted by Crippen LogP contribution is 2.36. The molecule has 3 atom stereocenters. The Balaban J connectivity index is 1.51. The molecule has 6 nitrogen and oxygen atoms in total.